The van der Waals surface area contributed by atoms with Crippen molar-refractivity contribution in [1.82, 2.24) is 4.90 Å². The average molecular weight is 276 g/mol. The highest BCUT2D eigenvalue weighted by Gasteiger charge is 2.30. The van der Waals surface area contributed by atoms with E-state index in [1.807, 2.05) is 6.07 Å². The van der Waals surface area contributed by atoms with Crippen LogP contribution in [0, 0.1) is 11.8 Å². The Bertz CT molecular complexity index is 423. The molecule has 3 heteroatoms. The van der Waals surface area contributed by atoms with Gasteiger partial charge in [-0.3, -0.25) is 4.90 Å². The van der Waals surface area contributed by atoms with E-state index in [-0.39, 0.29) is 12.1 Å². The van der Waals surface area contributed by atoms with Crippen LogP contribution in [0.2, 0.25) is 0 Å². The third kappa shape index (κ3) is 3.53. The van der Waals surface area contributed by atoms with Crippen molar-refractivity contribution in [3.8, 4) is 5.75 Å². The van der Waals surface area contributed by atoms with Crippen molar-refractivity contribution in [2.45, 2.75) is 39.3 Å². The van der Waals surface area contributed by atoms with Gasteiger partial charge in [0.15, 0.2) is 0 Å². The predicted octanol–water partition coefficient (Wildman–Crippen LogP) is 3.06. The number of rotatable bonds is 4. The molecule has 0 bridgehead atoms. The number of nitrogens with zero attached hydrogens (tertiary/aromatic N) is 1. The third-order valence-electron chi connectivity index (χ3n) is 4.22. The molecule has 0 aromatic heterocycles. The van der Waals surface area contributed by atoms with Crippen molar-refractivity contribution in [2.75, 3.05) is 20.2 Å². The molecule has 0 saturated carbocycles. The van der Waals surface area contributed by atoms with Gasteiger partial charge in [0.1, 0.15) is 5.75 Å². The molecule has 1 aliphatic rings. The van der Waals surface area contributed by atoms with Crippen molar-refractivity contribution < 1.29 is 4.74 Å². The van der Waals surface area contributed by atoms with E-state index in [0.717, 1.165) is 30.7 Å². The number of piperidine rings is 1. The quantitative estimate of drug-likeness (QED) is 0.918. The lowest BCUT2D eigenvalue weighted by atomic mass is 9.88. The molecular weight excluding hydrogens is 248 g/mol. The van der Waals surface area contributed by atoms with Crippen LogP contribution >= 0.6 is 0 Å². The minimum Gasteiger partial charge on any atom is -0.497 e. The normalized spacial score (nSPS) is 27.1. The molecule has 1 fully saturated rings. The molecule has 4 atom stereocenters. The first-order chi connectivity index (χ1) is 9.51. The van der Waals surface area contributed by atoms with E-state index in [1.165, 1.54) is 12.0 Å². The number of ether oxygens (including phenoxy) is 1. The van der Waals surface area contributed by atoms with E-state index in [4.69, 9.17) is 10.5 Å². The van der Waals surface area contributed by atoms with Gasteiger partial charge >= 0.3 is 0 Å². The van der Waals surface area contributed by atoms with Crippen LogP contribution in [-0.4, -0.2) is 31.1 Å². The van der Waals surface area contributed by atoms with Crippen LogP contribution < -0.4 is 10.5 Å². The SMILES string of the molecule is COc1cccc(C(C(C)N)N2CC(C)CC(C)C2)c1. The minimum atomic E-state index is 0.111. The second-order valence-electron chi connectivity index (χ2n) is 6.48. The number of hydrogen-bond acceptors (Lipinski definition) is 3. The lowest BCUT2D eigenvalue weighted by molar-refractivity contribution is 0.0846. The molecule has 1 aliphatic heterocycles. The first-order valence-corrected chi connectivity index (χ1v) is 7.64. The van der Waals surface area contributed by atoms with Crippen LogP contribution in [-0.2, 0) is 0 Å². The summed E-state index contributed by atoms with van der Waals surface area (Å²) in [6, 6.07) is 8.72. The minimum absolute atomic E-state index is 0.111. The Kier molecular flexibility index (Phi) is 5.06. The van der Waals surface area contributed by atoms with Gasteiger partial charge in [-0.25, -0.2) is 0 Å². The largest absolute Gasteiger partial charge is 0.497 e. The van der Waals surface area contributed by atoms with Crippen LogP contribution in [0.1, 0.15) is 38.8 Å². The smallest absolute Gasteiger partial charge is 0.119 e. The second kappa shape index (κ2) is 6.59. The molecule has 0 aliphatic carbocycles. The Balaban J connectivity index is 2.25. The topological polar surface area (TPSA) is 38.5 Å². The van der Waals surface area contributed by atoms with Gasteiger partial charge in [-0.15, -0.1) is 0 Å². The Morgan fingerprint density at radius 3 is 2.45 bits per heavy atom. The van der Waals surface area contributed by atoms with Gasteiger partial charge in [-0.05, 0) is 42.9 Å². The van der Waals surface area contributed by atoms with E-state index in [9.17, 15) is 0 Å². The summed E-state index contributed by atoms with van der Waals surface area (Å²) in [4.78, 5) is 2.55. The zero-order valence-corrected chi connectivity index (χ0v) is 13.2. The van der Waals surface area contributed by atoms with E-state index < -0.39 is 0 Å². The van der Waals surface area contributed by atoms with Crippen LogP contribution in [0.3, 0.4) is 0 Å². The van der Waals surface area contributed by atoms with E-state index in [0.29, 0.717) is 0 Å². The number of likely N-dealkylation sites (tertiary alicyclic amines) is 1. The van der Waals surface area contributed by atoms with Gasteiger partial charge in [0.25, 0.3) is 0 Å². The Morgan fingerprint density at radius 1 is 1.25 bits per heavy atom. The third-order valence-corrected chi connectivity index (χ3v) is 4.22. The van der Waals surface area contributed by atoms with Crippen molar-refractivity contribution in [2.24, 2.45) is 17.6 Å². The summed E-state index contributed by atoms with van der Waals surface area (Å²) in [6.07, 6.45) is 1.32. The molecule has 0 spiro atoms. The fourth-order valence-corrected chi connectivity index (χ4v) is 3.61. The van der Waals surface area contributed by atoms with Crippen molar-refractivity contribution in [3.05, 3.63) is 29.8 Å². The molecule has 4 unspecified atom stereocenters. The zero-order valence-electron chi connectivity index (χ0n) is 13.2. The lowest BCUT2D eigenvalue weighted by Gasteiger charge is -2.42. The fourth-order valence-electron chi connectivity index (χ4n) is 3.61. The molecule has 0 amide bonds. The highest BCUT2D eigenvalue weighted by atomic mass is 16.5. The van der Waals surface area contributed by atoms with Crippen molar-refractivity contribution in [3.63, 3.8) is 0 Å². The lowest BCUT2D eigenvalue weighted by Crippen LogP contribution is -2.46. The van der Waals surface area contributed by atoms with Gasteiger partial charge < -0.3 is 10.5 Å². The van der Waals surface area contributed by atoms with E-state index >= 15 is 0 Å². The summed E-state index contributed by atoms with van der Waals surface area (Å²) in [5.74, 6) is 2.39. The molecule has 112 valence electrons. The van der Waals surface area contributed by atoms with Gasteiger partial charge in [0.05, 0.1) is 7.11 Å². The molecule has 0 radical (unpaired) electrons. The molecule has 1 aromatic rings. The van der Waals surface area contributed by atoms with Crippen molar-refractivity contribution in [1.29, 1.82) is 0 Å². The number of benzene rings is 1. The molecule has 2 N–H and O–H groups in total. The summed E-state index contributed by atoms with van der Waals surface area (Å²) in [5.41, 5.74) is 7.56. The number of hydrogen-bond donors (Lipinski definition) is 1. The first kappa shape index (κ1) is 15.3. The highest BCUT2D eigenvalue weighted by Crippen LogP contribution is 2.32. The summed E-state index contributed by atoms with van der Waals surface area (Å²) in [5, 5.41) is 0. The second-order valence-corrected chi connectivity index (χ2v) is 6.48. The Morgan fingerprint density at radius 2 is 1.90 bits per heavy atom. The average Bonchev–Trinajstić information content (AvgIpc) is 2.37. The summed E-state index contributed by atoms with van der Waals surface area (Å²) < 4.78 is 5.35. The van der Waals surface area contributed by atoms with Crippen LogP contribution in [0.25, 0.3) is 0 Å². The number of methoxy groups -OCH3 is 1. The Labute approximate surface area is 123 Å². The summed E-state index contributed by atoms with van der Waals surface area (Å²) in [7, 11) is 1.71. The van der Waals surface area contributed by atoms with Crippen LogP contribution in [0.15, 0.2) is 24.3 Å². The predicted molar refractivity (Wildman–Crippen MR) is 83.9 cm³/mol. The number of nitrogens with two attached hydrogens (primary N) is 1. The van der Waals surface area contributed by atoms with Gasteiger partial charge in [0, 0.05) is 25.2 Å². The van der Waals surface area contributed by atoms with Gasteiger partial charge in [0.2, 0.25) is 0 Å². The standard InChI is InChI=1S/C17H28N2O/c1-12-8-13(2)11-19(10-12)17(14(3)18)15-6-5-7-16(9-15)20-4/h5-7,9,12-14,17H,8,10-11,18H2,1-4H3. The van der Waals surface area contributed by atoms with Crippen LogP contribution in [0.4, 0.5) is 0 Å². The van der Waals surface area contributed by atoms with E-state index in [1.54, 1.807) is 7.11 Å². The van der Waals surface area contributed by atoms with Gasteiger partial charge in [-0.2, -0.15) is 0 Å². The molecule has 1 saturated heterocycles. The maximum Gasteiger partial charge on any atom is 0.119 e. The summed E-state index contributed by atoms with van der Waals surface area (Å²) in [6.45, 7) is 9.05. The van der Waals surface area contributed by atoms with Crippen molar-refractivity contribution >= 4 is 0 Å². The van der Waals surface area contributed by atoms with Crippen LogP contribution in [0.5, 0.6) is 5.75 Å². The first-order valence-electron chi connectivity index (χ1n) is 7.64. The summed E-state index contributed by atoms with van der Waals surface area (Å²) >= 11 is 0. The molecule has 3 nitrogen and oxygen atoms in total. The molecular formula is C17H28N2O. The molecule has 2 rings (SSSR count). The maximum absolute atomic E-state index is 6.30. The van der Waals surface area contributed by atoms with E-state index in [2.05, 4.69) is 43.9 Å². The Hall–Kier alpha value is -1.06. The van der Waals surface area contributed by atoms with Gasteiger partial charge in [-0.1, -0.05) is 26.0 Å². The fraction of sp³-hybridized carbons (Fsp3) is 0.647. The zero-order chi connectivity index (χ0) is 14.7. The molecule has 1 aromatic carbocycles. The highest BCUT2D eigenvalue weighted by molar-refractivity contribution is 5.31. The molecule has 1 heterocycles. The maximum atomic E-state index is 6.30. The monoisotopic (exact) mass is 276 g/mol. The molecule has 20 heavy (non-hydrogen) atoms.